The number of fused-ring (bicyclic) bond motifs is 1. The lowest BCUT2D eigenvalue weighted by Gasteiger charge is -2.01. The molecule has 0 fully saturated rings. The second kappa shape index (κ2) is 6.30. The second-order valence-electron chi connectivity index (χ2n) is 5.18. The van der Waals surface area contributed by atoms with Gasteiger partial charge in [-0.15, -0.1) is 6.58 Å². The molecular weight excluding hydrogens is 311 g/mol. The molecule has 0 spiro atoms. The largest absolute Gasteiger partial charge is 0.312 e. The number of aromatic nitrogens is 1. The predicted octanol–water partition coefficient (Wildman–Crippen LogP) is 4.08. The first-order valence-electron chi connectivity index (χ1n) is 7.14. The number of hydrogen-bond donors (Lipinski definition) is 0. The lowest BCUT2D eigenvalue weighted by Crippen LogP contribution is -2.16. The third kappa shape index (κ3) is 3.14. The molecule has 1 aromatic heterocycles. The topological polar surface area (TPSA) is 34.4 Å². The molecule has 0 N–H and O–H groups in total. The Labute approximate surface area is 137 Å². The minimum Gasteiger partial charge on any atom is -0.312 e. The number of allylic oxidation sites excluding steroid dienone is 1. The average Bonchev–Trinajstić information content (AvgIpc) is 2.84. The van der Waals surface area contributed by atoms with E-state index in [-0.39, 0.29) is 5.56 Å². The van der Waals surface area contributed by atoms with E-state index in [1.54, 1.807) is 12.1 Å². The van der Waals surface area contributed by atoms with Crippen LogP contribution in [0.1, 0.15) is 15.9 Å². The molecule has 0 aliphatic carbocycles. The Morgan fingerprint density at radius 1 is 1.35 bits per heavy atom. The highest BCUT2D eigenvalue weighted by molar-refractivity contribution is 7.16. The standard InChI is InChI=1S/C18H15FN2OS/c1-3-9-21-15-8-7-12(2)10-16(15)23-18(21)20-17(22)13-5-4-6-14(19)11-13/h3-8,10-11H,1,9H2,2H3. The summed E-state index contributed by atoms with van der Waals surface area (Å²) in [6, 6.07) is 11.7. The third-order valence-electron chi connectivity index (χ3n) is 3.42. The Morgan fingerprint density at radius 2 is 2.17 bits per heavy atom. The van der Waals surface area contributed by atoms with Crippen LogP contribution in [0.3, 0.4) is 0 Å². The molecule has 5 heteroatoms. The molecule has 0 radical (unpaired) electrons. The molecule has 0 unspecified atom stereocenters. The van der Waals surface area contributed by atoms with Crippen molar-refractivity contribution in [1.82, 2.24) is 4.57 Å². The number of carbonyl (C=O) groups is 1. The molecule has 23 heavy (non-hydrogen) atoms. The van der Waals surface area contributed by atoms with E-state index in [9.17, 15) is 9.18 Å². The van der Waals surface area contributed by atoms with Crippen LogP contribution >= 0.6 is 11.3 Å². The average molecular weight is 326 g/mol. The first-order valence-corrected chi connectivity index (χ1v) is 7.95. The minimum absolute atomic E-state index is 0.240. The maximum Gasteiger partial charge on any atom is 0.279 e. The van der Waals surface area contributed by atoms with Crippen LogP contribution in [0.15, 0.2) is 60.1 Å². The van der Waals surface area contributed by atoms with Gasteiger partial charge in [0.05, 0.1) is 10.2 Å². The Kier molecular flexibility index (Phi) is 4.21. The van der Waals surface area contributed by atoms with Crippen LogP contribution in [-0.4, -0.2) is 10.5 Å². The van der Waals surface area contributed by atoms with Crippen LogP contribution in [0.2, 0.25) is 0 Å². The van der Waals surface area contributed by atoms with Crippen molar-refractivity contribution in [3.8, 4) is 0 Å². The number of aryl methyl sites for hydroxylation is 1. The molecule has 3 rings (SSSR count). The molecule has 3 aromatic rings. The van der Waals surface area contributed by atoms with Gasteiger partial charge in [-0.3, -0.25) is 4.79 Å². The van der Waals surface area contributed by atoms with Gasteiger partial charge < -0.3 is 4.57 Å². The fourth-order valence-electron chi connectivity index (χ4n) is 2.34. The normalized spacial score (nSPS) is 11.8. The van der Waals surface area contributed by atoms with Crippen molar-refractivity contribution >= 4 is 27.5 Å². The monoisotopic (exact) mass is 326 g/mol. The molecule has 1 amide bonds. The van der Waals surface area contributed by atoms with Crippen molar-refractivity contribution in [2.24, 2.45) is 4.99 Å². The van der Waals surface area contributed by atoms with Crippen molar-refractivity contribution in [3.05, 3.63) is 76.9 Å². The van der Waals surface area contributed by atoms with Crippen LogP contribution in [0.5, 0.6) is 0 Å². The molecular formula is C18H15FN2OS. The van der Waals surface area contributed by atoms with Gasteiger partial charge in [-0.2, -0.15) is 4.99 Å². The third-order valence-corrected chi connectivity index (χ3v) is 4.46. The van der Waals surface area contributed by atoms with E-state index in [2.05, 4.69) is 17.6 Å². The zero-order valence-corrected chi connectivity index (χ0v) is 13.4. The van der Waals surface area contributed by atoms with E-state index in [0.717, 1.165) is 15.8 Å². The van der Waals surface area contributed by atoms with Crippen molar-refractivity contribution in [2.45, 2.75) is 13.5 Å². The van der Waals surface area contributed by atoms with Gasteiger partial charge in [0.25, 0.3) is 5.91 Å². The molecule has 0 atom stereocenters. The zero-order valence-electron chi connectivity index (χ0n) is 12.6. The molecule has 0 saturated heterocycles. The summed E-state index contributed by atoms with van der Waals surface area (Å²) in [7, 11) is 0. The minimum atomic E-state index is -0.453. The van der Waals surface area contributed by atoms with Crippen molar-refractivity contribution < 1.29 is 9.18 Å². The van der Waals surface area contributed by atoms with Gasteiger partial charge in [-0.05, 0) is 42.8 Å². The lowest BCUT2D eigenvalue weighted by molar-refractivity contribution is 0.0997. The number of halogens is 1. The summed E-state index contributed by atoms with van der Waals surface area (Å²) in [6.07, 6.45) is 1.76. The van der Waals surface area contributed by atoms with Crippen LogP contribution in [0.4, 0.5) is 4.39 Å². The zero-order chi connectivity index (χ0) is 16.4. The van der Waals surface area contributed by atoms with E-state index >= 15 is 0 Å². The summed E-state index contributed by atoms with van der Waals surface area (Å²) in [5.41, 5.74) is 2.39. The van der Waals surface area contributed by atoms with E-state index in [0.29, 0.717) is 11.3 Å². The quantitative estimate of drug-likeness (QED) is 0.668. The summed E-state index contributed by atoms with van der Waals surface area (Å²) in [4.78, 5) is 17.1. The number of nitrogens with zero attached hydrogens (tertiary/aromatic N) is 2. The maximum absolute atomic E-state index is 13.3. The molecule has 2 aromatic carbocycles. The Hall–Kier alpha value is -2.53. The SMILES string of the molecule is C=CCn1c(=NC(=O)c2cccc(F)c2)sc2cc(C)ccc21. The van der Waals surface area contributed by atoms with Gasteiger partial charge in [0, 0.05) is 12.1 Å². The molecule has 3 nitrogen and oxygen atoms in total. The number of thiazole rings is 1. The fraction of sp³-hybridized carbons (Fsp3) is 0.111. The van der Waals surface area contributed by atoms with Crippen LogP contribution < -0.4 is 4.80 Å². The van der Waals surface area contributed by atoms with Gasteiger partial charge >= 0.3 is 0 Å². The molecule has 0 bridgehead atoms. The first-order chi connectivity index (χ1) is 11.1. The highest BCUT2D eigenvalue weighted by Crippen LogP contribution is 2.19. The van der Waals surface area contributed by atoms with Crippen molar-refractivity contribution in [3.63, 3.8) is 0 Å². The first kappa shape index (κ1) is 15.4. The maximum atomic E-state index is 13.3. The van der Waals surface area contributed by atoms with E-state index in [4.69, 9.17) is 0 Å². The van der Waals surface area contributed by atoms with Crippen LogP contribution in [-0.2, 0) is 6.54 Å². The fourth-order valence-corrected chi connectivity index (χ4v) is 3.48. The van der Waals surface area contributed by atoms with E-state index in [1.165, 1.54) is 29.5 Å². The number of amides is 1. The Morgan fingerprint density at radius 3 is 2.91 bits per heavy atom. The summed E-state index contributed by atoms with van der Waals surface area (Å²) in [5, 5.41) is 0. The number of benzene rings is 2. The van der Waals surface area contributed by atoms with Gasteiger partial charge in [0.2, 0.25) is 0 Å². The van der Waals surface area contributed by atoms with Crippen LogP contribution in [0, 0.1) is 12.7 Å². The van der Waals surface area contributed by atoms with Gasteiger partial charge in [0.1, 0.15) is 5.82 Å². The highest BCUT2D eigenvalue weighted by Gasteiger charge is 2.09. The number of carbonyl (C=O) groups excluding carboxylic acids is 1. The number of hydrogen-bond acceptors (Lipinski definition) is 2. The van der Waals surface area contributed by atoms with Gasteiger partial charge in [-0.25, -0.2) is 4.39 Å². The van der Waals surface area contributed by atoms with Crippen molar-refractivity contribution in [1.29, 1.82) is 0 Å². The van der Waals surface area contributed by atoms with Gasteiger partial charge in [0.15, 0.2) is 4.80 Å². The Bertz CT molecular complexity index is 969. The summed E-state index contributed by atoms with van der Waals surface area (Å²) >= 11 is 1.44. The molecule has 116 valence electrons. The summed E-state index contributed by atoms with van der Waals surface area (Å²) in [5.74, 6) is -0.900. The second-order valence-corrected chi connectivity index (χ2v) is 6.19. The lowest BCUT2D eigenvalue weighted by atomic mass is 10.2. The van der Waals surface area contributed by atoms with Gasteiger partial charge in [-0.1, -0.05) is 29.5 Å². The molecule has 1 heterocycles. The summed E-state index contributed by atoms with van der Waals surface area (Å²) in [6.45, 7) is 6.33. The molecule has 0 aliphatic heterocycles. The van der Waals surface area contributed by atoms with E-state index in [1.807, 2.05) is 23.6 Å². The predicted molar refractivity (Wildman–Crippen MR) is 91.0 cm³/mol. The molecule has 0 saturated carbocycles. The highest BCUT2D eigenvalue weighted by atomic mass is 32.1. The molecule has 0 aliphatic rings. The van der Waals surface area contributed by atoms with E-state index < -0.39 is 11.7 Å². The number of rotatable bonds is 3. The summed E-state index contributed by atoms with van der Waals surface area (Å²) < 4.78 is 16.3. The Balaban J connectivity index is 2.16. The van der Waals surface area contributed by atoms with Crippen LogP contribution in [0.25, 0.3) is 10.2 Å². The van der Waals surface area contributed by atoms with Crippen molar-refractivity contribution in [2.75, 3.05) is 0 Å². The smallest absolute Gasteiger partial charge is 0.279 e.